The fourth-order valence-electron chi connectivity index (χ4n) is 2.91. The van der Waals surface area contributed by atoms with Crippen LogP contribution >= 0.6 is 0 Å². The Balaban J connectivity index is 1.61. The number of carbonyl (C=O) groups is 2. The van der Waals surface area contributed by atoms with Crippen molar-refractivity contribution in [1.29, 1.82) is 0 Å². The van der Waals surface area contributed by atoms with Gasteiger partial charge in [-0.3, -0.25) is 14.3 Å². The topological polar surface area (TPSA) is 94.5 Å². The fraction of sp³-hybridized carbons (Fsp3) is 0.261. The van der Waals surface area contributed by atoms with E-state index >= 15 is 0 Å². The Morgan fingerprint density at radius 2 is 1.68 bits per heavy atom. The van der Waals surface area contributed by atoms with Gasteiger partial charge < -0.3 is 20.1 Å². The first-order valence-corrected chi connectivity index (χ1v) is 9.99. The average molecular weight is 422 g/mol. The summed E-state index contributed by atoms with van der Waals surface area (Å²) in [5, 5.41) is 9.65. The summed E-state index contributed by atoms with van der Waals surface area (Å²) in [6, 6.07) is 14.4. The lowest BCUT2D eigenvalue weighted by Crippen LogP contribution is -2.27. The van der Waals surface area contributed by atoms with Gasteiger partial charge in [0.2, 0.25) is 0 Å². The van der Waals surface area contributed by atoms with Crippen molar-refractivity contribution in [2.45, 2.75) is 20.0 Å². The Bertz CT molecular complexity index is 1030. The largest absolute Gasteiger partial charge is 0.497 e. The molecule has 0 saturated carbocycles. The van der Waals surface area contributed by atoms with Crippen LogP contribution in [-0.2, 0) is 13.7 Å². The maximum atomic E-state index is 12.6. The molecule has 3 aromatic rings. The van der Waals surface area contributed by atoms with Gasteiger partial charge in [-0.15, -0.1) is 0 Å². The molecule has 0 radical (unpaired) electrons. The van der Waals surface area contributed by atoms with E-state index in [2.05, 4.69) is 15.7 Å². The van der Waals surface area contributed by atoms with Crippen molar-refractivity contribution in [3.8, 4) is 11.5 Å². The normalized spacial score (nSPS) is 10.4. The van der Waals surface area contributed by atoms with Crippen molar-refractivity contribution in [2.75, 3.05) is 19.0 Å². The van der Waals surface area contributed by atoms with Crippen LogP contribution in [0.4, 0.5) is 5.69 Å². The standard InChI is InChI=1S/C23H26N4O4/c1-4-13-24-23(29)21-20(14-25-27(21)2)26-22(28)17-7-5-16(6-8-17)15-31-19-11-9-18(30-3)10-12-19/h5-12,14H,4,13,15H2,1-3H3,(H,24,29)(H,26,28). The first kappa shape index (κ1) is 21.9. The van der Waals surface area contributed by atoms with Gasteiger partial charge in [-0.2, -0.15) is 5.10 Å². The number of benzene rings is 2. The third kappa shape index (κ3) is 5.63. The van der Waals surface area contributed by atoms with Crippen LogP contribution in [-0.4, -0.2) is 35.2 Å². The average Bonchev–Trinajstić information content (AvgIpc) is 3.16. The number of carbonyl (C=O) groups excluding carboxylic acids is 2. The molecule has 31 heavy (non-hydrogen) atoms. The van der Waals surface area contributed by atoms with Crippen LogP contribution in [0, 0.1) is 0 Å². The van der Waals surface area contributed by atoms with E-state index in [1.54, 1.807) is 26.3 Å². The quantitative estimate of drug-likeness (QED) is 0.551. The van der Waals surface area contributed by atoms with Gasteiger partial charge in [-0.25, -0.2) is 0 Å². The van der Waals surface area contributed by atoms with Crippen LogP contribution in [0.15, 0.2) is 54.7 Å². The van der Waals surface area contributed by atoms with Crippen molar-refractivity contribution in [1.82, 2.24) is 15.1 Å². The molecule has 2 N–H and O–H groups in total. The van der Waals surface area contributed by atoms with Crippen molar-refractivity contribution >= 4 is 17.5 Å². The summed E-state index contributed by atoms with van der Waals surface area (Å²) < 4.78 is 12.3. The summed E-state index contributed by atoms with van der Waals surface area (Å²) in [4.78, 5) is 25.0. The molecule has 0 unspecified atom stereocenters. The Labute approximate surface area is 181 Å². The van der Waals surface area contributed by atoms with Gasteiger partial charge in [0, 0.05) is 19.2 Å². The zero-order valence-electron chi connectivity index (χ0n) is 17.8. The maximum Gasteiger partial charge on any atom is 0.271 e. The summed E-state index contributed by atoms with van der Waals surface area (Å²) in [6.45, 7) is 2.90. The van der Waals surface area contributed by atoms with Crippen LogP contribution in [0.3, 0.4) is 0 Å². The molecular weight excluding hydrogens is 396 g/mol. The highest BCUT2D eigenvalue weighted by molar-refractivity contribution is 6.08. The summed E-state index contributed by atoms with van der Waals surface area (Å²) in [5.41, 5.74) is 2.07. The monoisotopic (exact) mass is 422 g/mol. The van der Waals surface area contributed by atoms with Gasteiger partial charge in [0.1, 0.15) is 23.8 Å². The maximum absolute atomic E-state index is 12.6. The molecule has 1 heterocycles. The minimum atomic E-state index is -0.319. The minimum absolute atomic E-state index is 0.275. The van der Waals surface area contributed by atoms with E-state index in [0.29, 0.717) is 30.1 Å². The molecule has 0 bridgehead atoms. The molecule has 0 spiro atoms. The fourth-order valence-corrected chi connectivity index (χ4v) is 2.91. The second kappa shape index (κ2) is 10.3. The highest BCUT2D eigenvalue weighted by Crippen LogP contribution is 2.19. The van der Waals surface area contributed by atoms with E-state index in [4.69, 9.17) is 9.47 Å². The third-order valence-electron chi connectivity index (χ3n) is 4.62. The number of hydrogen-bond acceptors (Lipinski definition) is 5. The van der Waals surface area contributed by atoms with E-state index in [0.717, 1.165) is 23.5 Å². The first-order chi connectivity index (χ1) is 15.0. The van der Waals surface area contributed by atoms with E-state index in [-0.39, 0.29) is 11.8 Å². The van der Waals surface area contributed by atoms with E-state index in [9.17, 15) is 9.59 Å². The van der Waals surface area contributed by atoms with Crippen molar-refractivity contribution in [2.24, 2.45) is 7.05 Å². The molecule has 8 nitrogen and oxygen atoms in total. The smallest absolute Gasteiger partial charge is 0.271 e. The number of amides is 2. The number of hydrogen-bond donors (Lipinski definition) is 2. The molecule has 0 atom stereocenters. The molecule has 0 aliphatic heterocycles. The van der Waals surface area contributed by atoms with Crippen molar-refractivity contribution in [3.05, 3.63) is 71.5 Å². The summed E-state index contributed by atoms with van der Waals surface area (Å²) >= 11 is 0. The molecular formula is C23H26N4O4. The van der Waals surface area contributed by atoms with Gasteiger partial charge in [0.05, 0.1) is 19.0 Å². The lowest BCUT2D eigenvalue weighted by Gasteiger charge is -2.09. The molecule has 2 amide bonds. The second-order valence-electron chi connectivity index (χ2n) is 6.90. The van der Waals surface area contributed by atoms with Crippen LogP contribution in [0.25, 0.3) is 0 Å². The summed E-state index contributed by atoms with van der Waals surface area (Å²) in [7, 11) is 3.28. The van der Waals surface area contributed by atoms with E-state index < -0.39 is 0 Å². The Kier molecular flexibility index (Phi) is 7.26. The molecule has 0 fully saturated rings. The summed E-state index contributed by atoms with van der Waals surface area (Å²) in [5.74, 6) is 0.902. The molecule has 0 aliphatic rings. The second-order valence-corrected chi connectivity index (χ2v) is 6.90. The van der Waals surface area contributed by atoms with Gasteiger partial charge in [0.25, 0.3) is 11.8 Å². The summed E-state index contributed by atoms with van der Waals surface area (Å²) in [6.07, 6.45) is 2.29. The zero-order chi connectivity index (χ0) is 22.2. The van der Waals surface area contributed by atoms with Gasteiger partial charge in [-0.05, 0) is 48.4 Å². The van der Waals surface area contributed by atoms with Crippen LogP contribution in [0.1, 0.15) is 39.8 Å². The van der Waals surface area contributed by atoms with Crippen LogP contribution < -0.4 is 20.1 Å². The van der Waals surface area contributed by atoms with E-state index in [1.165, 1.54) is 10.9 Å². The Morgan fingerprint density at radius 1 is 1.00 bits per heavy atom. The predicted molar refractivity (Wildman–Crippen MR) is 118 cm³/mol. The number of nitrogens with one attached hydrogen (secondary N) is 2. The van der Waals surface area contributed by atoms with Crippen LogP contribution in [0.2, 0.25) is 0 Å². The molecule has 162 valence electrons. The van der Waals surface area contributed by atoms with Crippen LogP contribution in [0.5, 0.6) is 11.5 Å². The molecule has 1 aromatic heterocycles. The molecule has 0 saturated heterocycles. The van der Waals surface area contributed by atoms with Crippen molar-refractivity contribution in [3.63, 3.8) is 0 Å². The highest BCUT2D eigenvalue weighted by atomic mass is 16.5. The number of ether oxygens (including phenoxy) is 2. The lowest BCUT2D eigenvalue weighted by atomic mass is 10.1. The molecule has 3 rings (SSSR count). The molecule has 8 heteroatoms. The molecule has 2 aromatic carbocycles. The van der Waals surface area contributed by atoms with Gasteiger partial charge >= 0.3 is 0 Å². The SMILES string of the molecule is CCCNC(=O)c1c(NC(=O)c2ccc(COc3ccc(OC)cc3)cc2)cnn1C. The number of nitrogens with zero attached hydrogens (tertiary/aromatic N) is 2. The van der Waals surface area contributed by atoms with E-state index in [1.807, 2.05) is 43.3 Å². The lowest BCUT2D eigenvalue weighted by molar-refractivity contribution is 0.0945. The third-order valence-corrected chi connectivity index (χ3v) is 4.62. The number of anilines is 1. The number of rotatable bonds is 9. The number of aromatic nitrogens is 2. The number of methoxy groups -OCH3 is 1. The van der Waals surface area contributed by atoms with Gasteiger partial charge in [-0.1, -0.05) is 19.1 Å². The minimum Gasteiger partial charge on any atom is -0.497 e. The van der Waals surface area contributed by atoms with Crippen molar-refractivity contribution < 1.29 is 19.1 Å². The highest BCUT2D eigenvalue weighted by Gasteiger charge is 2.18. The number of aryl methyl sites for hydroxylation is 1. The molecule has 0 aliphatic carbocycles. The Morgan fingerprint density at radius 3 is 2.32 bits per heavy atom. The first-order valence-electron chi connectivity index (χ1n) is 9.99. The zero-order valence-corrected chi connectivity index (χ0v) is 17.8. The predicted octanol–water partition coefficient (Wildman–Crippen LogP) is 3.40. The Hall–Kier alpha value is -3.81. The van der Waals surface area contributed by atoms with Gasteiger partial charge in [0.15, 0.2) is 0 Å².